The van der Waals surface area contributed by atoms with Crippen LogP contribution in [0.4, 0.5) is 8.78 Å². The van der Waals surface area contributed by atoms with E-state index in [9.17, 15) is 17.2 Å². The van der Waals surface area contributed by atoms with Gasteiger partial charge in [0.1, 0.15) is 11.6 Å². The van der Waals surface area contributed by atoms with E-state index in [2.05, 4.69) is 0 Å². The fourth-order valence-corrected chi connectivity index (χ4v) is 5.39. The maximum Gasteiger partial charge on any atom is 0.207 e. The molecule has 35 heavy (non-hydrogen) atoms. The molecule has 176 valence electrons. The summed E-state index contributed by atoms with van der Waals surface area (Å²) in [6.45, 7) is 0. The second-order valence-electron chi connectivity index (χ2n) is 7.64. The fraction of sp³-hybridized carbons (Fsp3) is 0. The van der Waals surface area contributed by atoms with Gasteiger partial charge in [0.05, 0.1) is 9.79 Å². The standard InChI is InChI=1S/C28H18Cl2F2O2S/c29-23-9-15-27(21(17-23)7-1-19-3-11-25(31)12-4-19)35(33,34)28-16-10-24(30)18-22(28)8-2-20-5-13-26(32)14-6-20/h1-18H/b7-1+,8-2+. The SMILES string of the molecule is O=S(=O)(c1ccc(Cl)cc1/C=C/c1ccc(F)cc1)c1ccc(Cl)cc1/C=C/c1ccc(F)cc1. The first kappa shape index (κ1) is 24.9. The van der Waals surface area contributed by atoms with Gasteiger partial charge in [-0.1, -0.05) is 71.8 Å². The van der Waals surface area contributed by atoms with Crippen LogP contribution < -0.4 is 0 Å². The van der Waals surface area contributed by atoms with Crippen molar-refractivity contribution in [2.45, 2.75) is 9.79 Å². The maximum atomic E-state index is 13.8. The van der Waals surface area contributed by atoms with E-state index in [-0.39, 0.29) is 21.4 Å². The molecule has 2 nitrogen and oxygen atoms in total. The van der Waals surface area contributed by atoms with Gasteiger partial charge in [-0.15, -0.1) is 0 Å². The summed E-state index contributed by atoms with van der Waals surface area (Å²) in [5, 5.41) is 0.741. The van der Waals surface area contributed by atoms with Crippen molar-refractivity contribution < 1.29 is 17.2 Å². The van der Waals surface area contributed by atoms with Crippen molar-refractivity contribution in [3.8, 4) is 0 Å². The van der Waals surface area contributed by atoms with Crippen LogP contribution in [0.1, 0.15) is 22.3 Å². The van der Waals surface area contributed by atoms with Gasteiger partial charge in [0.2, 0.25) is 9.84 Å². The Morgan fingerprint density at radius 1 is 0.543 bits per heavy atom. The molecule has 0 atom stereocenters. The van der Waals surface area contributed by atoms with Gasteiger partial charge in [-0.25, -0.2) is 17.2 Å². The molecule has 0 amide bonds. The average molecular weight is 527 g/mol. The summed E-state index contributed by atoms with van der Waals surface area (Å²) in [7, 11) is -4.00. The summed E-state index contributed by atoms with van der Waals surface area (Å²) >= 11 is 12.3. The molecule has 0 aliphatic heterocycles. The van der Waals surface area contributed by atoms with Crippen LogP contribution in [0.5, 0.6) is 0 Å². The summed E-state index contributed by atoms with van der Waals surface area (Å²) in [4.78, 5) is 0.109. The zero-order valence-corrected chi connectivity index (χ0v) is 20.5. The highest BCUT2D eigenvalue weighted by Crippen LogP contribution is 2.32. The summed E-state index contributed by atoms with van der Waals surface area (Å²) in [5.41, 5.74) is 2.16. The second kappa shape index (κ2) is 10.6. The molecule has 0 aromatic heterocycles. The van der Waals surface area contributed by atoms with E-state index in [1.807, 2.05) is 0 Å². The Hall–Kier alpha value is -3.25. The minimum absolute atomic E-state index is 0.0546. The van der Waals surface area contributed by atoms with Crippen LogP contribution in [0.25, 0.3) is 24.3 Å². The van der Waals surface area contributed by atoms with E-state index < -0.39 is 9.84 Å². The Bertz CT molecular complexity index is 1420. The number of halogens is 4. The summed E-state index contributed by atoms with van der Waals surface area (Å²) in [6, 6.07) is 20.7. The van der Waals surface area contributed by atoms with Gasteiger partial charge in [-0.05, 0) is 82.9 Å². The van der Waals surface area contributed by atoms with Crippen LogP contribution in [-0.2, 0) is 9.84 Å². The second-order valence-corrected chi connectivity index (χ2v) is 10.4. The summed E-state index contributed by atoms with van der Waals surface area (Å²) < 4.78 is 53.9. The molecule has 0 fully saturated rings. The van der Waals surface area contributed by atoms with Crippen LogP contribution in [-0.4, -0.2) is 8.42 Å². The molecule has 0 saturated carbocycles. The minimum Gasteiger partial charge on any atom is -0.218 e. The highest BCUT2D eigenvalue weighted by atomic mass is 35.5. The van der Waals surface area contributed by atoms with E-state index in [1.165, 1.54) is 48.5 Å². The van der Waals surface area contributed by atoms with Gasteiger partial charge in [0.25, 0.3) is 0 Å². The van der Waals surface area contributed by atoms with E-state index in [0.717, 1.165) is 0 Å². The predicted molar refractivity (Wildman–Crippen MR) is 139 cm³/mol. The molecule has 4 rings (SSSR count). The highest BCUT2D eigenvalue weighted by Gasteiger charge is 2.23. The molecule has 7 heteroatoms. The van der Waals surface area contributed by atoms with Crippen LogP contribution in [0.3, 0.4) is 0 Å². The Balaban J connectivity index is 1.77. The first-order valence-corrected chi connectivity index (χ1v) is 12.7. The van der Waals surface area contributed by atoms with E-state index in [4.69, 9.17) is 23.2 Å². The first-order chi connectivity index (χ1) is 16.7. The normalized spacial score (nSPS) is 12.0. The lowest BCUT2D eigenvalue weighted by Gasteiger charge is -2.12. The third kappa shape index (κ3) is 6.06. The molecule has 4 aromatic carbocycles. The van der Waals surface area contributed by atoms with Gasteiger partial charge in [0.15, 0.2) is 0 Å². The average Bonchev–Trinajstić information content (AvgIpc) is 2.83. The number of benzene rings is 4. The van der Waals surface area contributed by atoms with Crippen LogP contribution in [0.15, 0.2) is 94.7 Å². The van der Waals surface area contributed by atoms with Gasteiger partial charge in [-0.3, -0.25) is 0 Å². The molecule has 0 aliphatic rings. The molecular weight excluding hydrogens is 509 g/mol. The minimum atomic E-state index is -4.00. The van der Waals surface area contributed by atoms with Gasteiger partial charge < -0.3 is 0 Å². The number of hydrogen-bond donors (Lipinski definition) is 0. The number of hydrogen-bond acceptors (Lipinski definition) is 2. The molecule has 0 bridgehead atoms. The lowest BCUT2D eigenvalue weighted by Crippen LogP contribution is -2.06. The molecule has 0 N–H and O–H groups in total. The smallest absolute Gasteiger partial charge is 0.207 e. The third-order valence-corrected chi connectivity index (χ3v) is 7.55. The van der Waals surface area contributed by atoms with Crippen molar-refractivity contribution >= 4 is 57.3 Å². The van der Waals surface area contributed by atoms with Gasteiger partial charge in [-0.2, -0.15) is 0 Å². The van der Waals surface area contributed by atoms with Crippen molar-refractivity contribution in [1.29, 1.82) is 0 Å². The maximum absolute atomic E-state index is 13.8. The summed E-state index contributed by atoms with van der Waals surface area (Å²) in [5.74, 6) is -0.728. The van der Waals surface area contributed by atoms with Crippen LogP contribution >= 0.6 is 23.2 Å². The Morgan fingerprint density at radius 2 is 0.914 bits per heavy atom. The quantitative estimate of drug-likeness (QED) is 0.236. The zero-order valence-electron chi connectivity index (χ0n) is 18.1. The Labute approximate surface area is 212 Å². The molecule has 0 spiro atoms. The molecule has 4 aromatic rings. The highest BCUT2D eigenvalue weighted by molar-refractivity contribution is 7.91. The van der Waals surface area contributed by atoms with Crippen molar-refractivity contribution in [2.75, 3.05) is 0 Å². The first-order valence-electron chi connectivity index (χ1n) is 10.4. The lowest BCUT2D eigenvalue weighted by molar-refractivity contribution is 0.595. The molecule has 0 unspecified atom stereocenters. The van der Waals surface area contributed by atoms with Crippen LogP contribution in [0.2, 0.25) is 10.0 Å². The third-order valence-electron chi connectivity index (χ3n) is 5.17. The van der Waals surface area contributed by atoms with Crippen molar-refractivity contribution in [3.63, 3.8) is 0 Å². The lowest BCUT2D eigenvalue weighted by atomic mass is 10.1. The predicted octanol–water partition coefficient (Wildman–Crippen LogP) is 8.45. The molecule has 0 aliphatic carbocycles. The van der Waals surface area contributed by atoms with E-state index >= 15 is 0 Å². The zero-order chi connectivity index (χ0) is 25.0. The van der Waals surface area contributed by atoms with Gasteiger partial charge >= 0.3 is 0 Å². The monoisotopic (exact) mass is 526 g/mol. The molecule has 0 radical (unpaired) electrons. The van der Waals surface area contributed by atoms with Crippen molar-refractivity contribution in [3.05, 3.63) is 129 Å². The summed E-state index contributed by atoms with van der Waals surface area (Å²) in [6.07, 6.45) is 6.61. The Kier molecular flexibility index (Phi) is 7.51. The van der Waals surface area contributed by atoms with E-state index in [1.54, 1.807) is 60.7 Å². The van der Waals surface area contributed by atoms with Crippen LogP contribution in [0, 0.1) is 11.6 Å². The molecular formula is C28H18Cl2F2O2S. The number of rotatable bonds is 6. The Morgan fingerprint density at radius 3 is 1.29 bits per heavy atom. The van der Waals surface area contributed by atoms with Crippen molar-refractivity contribution in [1.82, 2.24) is 0 Å². The molecule has 0 saturated heterocycles. The largest absolute Gasteiger partial charge is 0.218 e. The topological polar surface area (TPSA) is 34.1 Å². The molecule has 0 heterocycles. The van der Waals surface area contributed by atoms with Gasteiger partial charge in [0, 0.05) is 10.0 Å². The fourth-order valence-electron chi connectivity index (χ4n) is 3.43. The number of sulfone groups is 1. The van der Waals surface area contributed by atoms with Crippen molar-refractivity contribution in [2.24, 2.45) is 0 Å². The van der Waals surface area contributed by atoms with E-state index in [0.29, 0.717) is 32.3 Å².